The summed E-state index contributed by atoms with van der Waals surface area (Å²) in [6.07, 6.45) is 9.45. The fourth-order valence-electron chi connectivity index (χ4n) is 3.73. The lowest BCUT2D eigenvalue weighted by Crippen LogP contribution is -2.14. The van der Waals surface area contributed by atoms with Gasteiger partial charge in [-0.2, -0.15) is 18.4 Å². The highest BCUT2D eigenvalue weighted by Crippen LogP contribution is 2.30. The molecule has 0 heterocycles. The maximum absolute atomic E-state index is 12.9. The van der Waals surface area contributed by atoms with Crippen LogP contribution in [0.5, 0.6) is 5.75 Å². The molecule has 0 bridgehead atoms. The van der Waals surface area contributed by atoms with Gasteiger partial charge in [0.05, 0.1) is 12.2 Å². The summed E-state index contributed by atoms with van der Waals surface area (Å²) >= 11 is 0. The lowest BCUT2D eigenvalue weighted by Gasteiger charge is -2.09. The first kappa shape index (κ1) is 29.0. The SMILES string of the molecule is CCCCCCCCCCCCOc1ccc(/C=C(/C#N)C(=O)Nc2cccc(C(F)(F)F)c2)cc1. The summed E-state index contributed by atoms with van der Waals surface area (Å²) in [7, 11) is 0. The van der Waals surface area contributed by atoms with Gasteiger partial charge < -0.3 is 10.1 Å². The number of alkyl halides is 3. The second-order valence-corrected chi connectivity index (χ2v) is 8.80. The number of hydrogen-bond donors (Lipinski definition) is 1. The van der Waals surface area contributed by atoms with Crippen molar-refractivity contribution in [2.75, 3.05) is 11.9 Å². The van der Waals surface area contributed by atoms with Gasteiger partial charge in [0.15, 0.2) is 0 Å². The Morgan fingerprint density at radius 3 is 2.14 bits per heavy atom. The van der Waals surface area contributed by atoms with Crippen molar-refractivity contribution in [2.24, 2.45) is 0 Å². The number of nitriles is 1. The molecule has 0 spiro atoms. The Morgan fingerprint density at radius 1 is 0.944 bits per heavy atom. The zero-order valence-corrected chi connectivity index (χ0v) is 20.9. The molecule has 0 unspecified atom stereocenters. The minimum atomic E-state index is -4.52. The maximum Gasteiger partial charge on any atom is 0.416 e. The number of nitrogens with zero attached hydrogens (tertiary/aromatic N) is 1. The standard InChI is InChI=1S/C29H35F3N2O2/c1-2-3-4-5-6-7-8-9-10-11-19-36-27-17-15-23(16-18-27)20-24(22-33)28(35)34-26-14-12-13-25(21-26)29(30,31)32/h12-18,20-21H,2-11,19H2,1H3,(H,34,35)/b24-20-. The first-order valence-electron chi connectivity index (χ1n) is 12.7. The first-order valence-corrected chi connectivity index (χ1v) is 12.7. The predicted molar refractivity (Wildman–Crippen MR) is 137 cm³/mol. The van der Waals surface area contributed by atoms with Crippen LogP contribution in [0.1, 0.15) is 82.3 Å². The summed E-state index contributed by atoms with van der Waals surface area (Å²) in [5, 5.41) is 11.7. The third-order valence-electron chi connectivity index (χ3n) is 5.77. The molecule has 2 aromatic carbocycles. The molecular weight excluding hydrogens is 465 g/mol. The van der Waals surface area contributed by atoms with E-state index in [1.165, 1.54) is 69.6 Å². The second-order valence-electron chi connectivity index (χ2n) is 8.80. The molecule has 2 rings (SSSR count). The topological polar surface area (TPSA) is 62.1 Å². The number of hydrogen-bond acceptors (Lipinski definition) is 3. The van der Waals surface area contributed by atoms with Crippen molar-refractivity contribution in [3.05, 3.63) is 65.2 Å². The molecule has 0 aliphatic rings. The van der Waals surface area contributed by atoms with E-state index in [2.05, 4.69) is 12.2 Å². The number of benzene rings is 2. The van der Waals surface area contributed by atoms with E-state index in [9.17, 15) is 23.2 Å². The molecule has 194 valence electrons. The fraction of sp³-hybridized carbons (Fsp3) is 0.448. The van der Waals surface area contributed by atoms with Gasteiger partial charge in [0.2, 0.25) is 0 Å². The molecule has 1 amide bonds. The van der Waals surface area contributed by atoms with Crippen LogP contribution >= 0.6 is 0 Å². The molecule has 0 saturated carbocycles. The quantitative estimate of drug-likeness (QED) is 0.151. The summed E-state index contributed by atoms with van der Waals surface area (Å²) < 4.78 is 44.4. The fourth-order valence-corrected chi connectivity index (χ4v) is 3.73. The highest BCUT2D eigenvalue weighted by Gasteiger charge is 2.30. The van der Waals surface area contributed by atoms with Crippen molar-refractivity contribution in [1.29, 1.82) is 5.26 Å². The van der Waals surface area contributed by atoms with Gasteiger partial charge in [-0.15, -0.1) is 0 Å². The van der Waals surface area contributed by atoms with E-state index in [0.717, 1.165) is 25.0 Å². The van der Waals surface area contributed by atoms with E-state index in [1.807, 2.05) is 0 Å². The lowest BCUT2D eigenvalue weighted by atomic mass is 10.1. The lowest BCUT2D eigenvalue weighted by molar-refractivity contribution is -0.137. The van der Waals surface area contributed by atoms with Crippen molar-refractivity contribution in [3.63, 3.8) is 0 Å². The number of halogens is 3. The van der Waals surface area contributed by atoms with Gasteiger partial charge >= 0.3 is 6.18 Å². The van der Waals surface area contributed by atoms with Crippen molar-refractivity contribution in [2.45, 2.75) is 77.3 Å². The predicted octanol–water partition coefficient (Wildman–Crippen LogP) is 8.55. The largest absolute Gasteiger partial charge is 0.494 e. The van der Waals surface area contributed by atoms with Gasteiger partial charge in [-0.3, -0.25) is 4.79 Å². The Labute approximate surface area is 212 Å². The molecule has 0 aliphatic carbocycles. The number of carbonyl (C=O) groups is 1. The number of carbonyl (C=O) groups excluding carboxylic acids is 1. The Bertz CT molecular complexity index is 1010. The molecular formula is C29H35F3N2O2. The number of ether oxygens (including phenoxy) is 1. The van der Waals surface area contributed by atoms with Gasteiger partial charge in [-0.25, -0.2) is 0 Å². The van der Waals surface area contributed by atoms with Gasteiger partial charge in [0, 0.05) is 5.69 Å². The summed E-state index contributed by atoms with van der Waals surface area (Å²) in [6, 6.07) is 13.1. The van der Waals surface area contributed by atoms with Crippen LogP contribution < -0.4 is 10.1 Å². The number of amides is 1. The van der Waals surface area contributed by atoms with Crippen LogP contribution in [0, 0.1) is 11.3 Å². The maximum atomic E-state index is 12.9. The number of nitrogens with one attached hydrogen (secondary N) is 1. The van der Waals surface area contributed by atoms with Crippen LogP contribution in [-0.2, 0) is 11.0 Å². The summed E-state index contributed by atoms with van der Waals surface area (Å²) in [5.41, 5.74) is -0.522. The van der Waals surface area contributed by atoms with Crippen LogP contribution in [-0.4, -0.2) is 12.5 Å². The normalized spacial score (nSPS) is 11.7. The molecule has 0 fully saturated rings. The van der Waals surface area contributed by atoms with Crippen LogP contribution in [0.25, 0.3) is 6.08 Å². The van der Waals surface area contributed by atoms with Gasteiger partial charge in [-0.05, 0) is 48.4 Å². The molecule has 36 heavy (non-hydrogen) atoms. The number of anilines is 1. The Hall–Kier alpha value is -3.27. The molecule has 1 N–H and O–H groups in total. The van der Waals surface area contributed by atoms with Crippen molar-refractivity contribution >= 4 is 17.7 Å². The summed E-state index contributed by atoms with van der Waals surface area (Å²) in [5.74, 6) is -0.0758. The Kier molecular flexibility index (Phi) is 12.6. The van der Waals surface area contributed by atoms with Gasteiger partial charge in [-0.1, -0.05) is 82.9 Å². The minimum absolute atomic E-state index is 0.0355. The van der Waals surface area contributed by atoms with E-state index in [0.29, 0.717) is 17.9 Å². The summed E-state index contributed by atoms with van der Waals surface area (Å²) in [4.78, 5) is 12.4. The van der Waals surface area contributed by atoms with Gasteiger partial charge in [0.25, 0.3) is 5.91 Å². The minimum Gasteiger partial charge on any atom is -0.494 e. The van der Waals surface area contributed by atoms with Gasteiger partial charge in [0.1, 0.15) is 17.4 Å². The average molecular weight is 501 g/mol. The van der Waals surface area contributed by atoms with Crippen LogP contribution in [0.2, 0.25) is 0 Å². The third kappa shape index (κ3) is 11.0. The van der Waals surface area contributed by atoms with Crippen LogP contribution in [0.4, 0.5) is 18.9 Å². The van der Waals surface area contributed by atoms with Crippen LogP contribution in [0.15, 0.2) is 54.1 Å². The Balaban J connectivity index is 1.76. The number of rotatable bonds is 15. The molecule has 7 heteroatoms. The molecule has 0 atom stereocenters. The van der Waals surface area contributed by atoms with E-state index in [1.54, 1.807) is 30.3 Å². The average Bonchev–Trinajstić information content (AvgIpc) is 2.86. The molecule has 4 nitrogen and oxygen atoms in total. The van der Waals surface area contributed by atoms with Crippen molar-refractivity contribution in [3.8, 4) is 11.8 Å². The van der Waals surface area contributed by atoms with Crippen molar-refractivity contribution in [1.82, 2.24) is 0 Å². The first-order chi connectivity index (χ1) is 17.3. The zero-order chi connectivity index (χ0) is 26.2. The summed E-state index contributed by atoms with van der Waals surface area (Å²) in [6.45, 7) is 2.86. The molecule has 2 aromatic rings. The third-order valence-corrected chi connectivity index (χ3v) is 5.77. The molecule has 0 radical (unpaired) electrons. The van der Waals surface area contributed by atoms with E-state index >= 15 is 0 Å². The number of unbranched alkanes of at least 4 members (excludes halogenated alkanes) is 9. The van der Waals surface area contributed by atoms with E-state index < -0.39 is 17.6 Å². The van der Waals surface area contributed by atoms with E-state index in [-0.39, 0.29) is 11.3 Å². The molecule has 0 saturated heterocycles. The monoisotopic (exact) mass is 500 g/mol. The molecule has 0 aliphatic heterocycles. The Morgan fingerprint density at radius 2 is 1.56 bits per heavy atom. The highest BCUT2D eigenvalue weighted by atomic mass is 19.4. The molecule has 0 aromatic heterocycles. The highest BCUT2D eigenvalue weighted by molar-refractivity contribution is 6.09. The smallest absolute Gasteiger partial charge is 0.416 e. The van der Waals surface area contributed by atoms with E-state index in [4.69, 9.17) is 4.74 Å². The van der Waals surface area contributed by atoms with Crippen LogP contribution in [0.3, 0.4) is 0 Å². The van der Waals surface area contributed by atoms with Crippen molar-refractivity contribution < 1.29 is 22.7 Å². The zero-order valence-electron chi connectivity index (χ0n) is 20.9. The second kappa shape index (κ2) is 15.7.